The van der Waals surface area contributed by atoms with Crippen molar-refractivity contribution in [3.05, 3.63) is 30.1 Å². The normalized spacial score (nSPS) is 26.3. The Labute approximate surface area is 137 Å². The van der Waals surface area contributed by atoms with Crippen LogP contribution < -0.4 is 4.90 Å². The van der Waals surface area contributed by atoms with Gasteiger partial charge < -0.3 is 14.5 Å². The molecule has 1 atom stereocenters. The molecule has 126 valence electrons. The first-order valence-electron chi connectivity index (χ1n) is 8.33. The van der Waals surface area contributed by atoms with Gasteiger partial charge in [-0.25, -0.2) is 4.39 Å². The van der Waals surface area contributed by atoms with Gasteiger partial charge in [-0.3, -0.25) is 4.79 Å². The predicted octanol–water partition coefficient (Wildman–Crippen LogP) is 2.54. The molecule has 0 aromatic heterocycles. The first-order valence-corrected chi connectivity index (χ1v) is 8.33. The number of amides is 1. The van der Waals surface area contributed by atoms with Gasteiger partial charge in [0.25, 0.3) is 0 Å². The molecular weight excluding hydrogens is 295 g/mol. The summed E-state index contributed by atoms with van der Waals surface area (Å²) in [6.07, 6.45) is 0.499. The van der Waals surface area contributed by atoms with E-state index in [-0.39, 0.29) is 17.1 Å². The molecule has 2 saturated heterocycles. The number of halogens is 1. The monoisotopic (exact) mass is 320 g/mol. The minimum atomic E-state index is -0.281. The lowest BCUT2D eigenvalue weighted by molar-refractivity contribution is -0.118. The molecule has 1 amide bonds. The summed E-state index contributed by atoms with van der Waals surface area (Å²) in [4.78, 5) is 16.7. The standard InChI is InChI=1S/C18H25FN2O2/c1-14(2)10-20-7-8-23-13-18(11-20)9-17(22)21(12-18)16-5-3-15(19)4-6-16/h3-6,14H,7-13H2,1-2H3/t18-/m0/s1. The first kappa shape index (κ1) is 16.4. The van der Waals surface area contributed by atoms with Crippen molar-refractivity contribution in [1.82, 2.24) is 4.90 Å². The second-order valence-electron chi connectivity index (χ2n) is 7.31. The molecule has 1 spiro atoms. The van der Waals surface area contributed by atoms with Gasteiger partial charge in [0.15, 0.2) is 0 Å². The van der Waals surface area contributed by atoms with Gasteiger partial charge in [0, 0.05) is 43.7 Å². The van der Waals surface area contributed by atoms with E-state index in [1.807, 2.05) is 0 Å². The Morgan fingerprint density at radius 2 is 2.00 bits per heavy atom. The average molecular weight is 320 g/mol. The number of ether oxygens (including phenoxy) is 1. The van der Waals surface area contributed by atoms with E-state index in [0.717, 1.165) is 31.9 Å². The van der Waals surface area contributed by atoms with Gasteiger partial charge in [-0.2, -0.15) is 0 Å². The number of anilines is 1. The van der Waals surface area contributed by atoms with Crippen LogP contribution in [0, 0.1) is 17.2 Å². The number of hydrogen-bond donors (Lipinski definition) is 0. The van der Waals surface area contributed by atoms with Crippen LogP contribution in [0.15, 0.2) is 24.3 Å². The molecule has 1 aromatic rings. The molecule has 2 aliphatic rings. The van der Waals surface area contributed by atoms with E-state index in [2.05, 4.69) is 18.7 Å². The van der Waals surface area contributed by atoms with Crippen molar-refractivity contribution in [2.24, 2.45) is 11.3 Å². The topological polar surface area (TPSA) is 32.8 Å². The van der Waals surface area contributed by atoms with Gasteiger partial charge in [0.05, 0.1) is 13.2 Å². The van der Waals surface area contributed by atoms with Crippen molar-refractivity contribution in [2.45, 2.75) is 20.3 Å². The third kappa shape index (κ3) is 3.72. The van der Waals surface area contributed by atoms with Gasteiger partial charge in [0.1, 0.15) is 5.82 Å². The van der Waals surface area contributed by atoms with Crippen molar-refractivity contribution in [3.63, 3.8) is 0 Å². The van der Waals surface area contributed by atoms with Crippen molar-refractivity contribution >= 4 is 11.6 Å². The number of benzene rings is 1. The van der Waals surface area contributed by atoms with Crippen LogP contribution in [0.2, 0.25) is 0 Å². The summed E-state index contributed by atoms with van der Waals surface area (Å²) in [5.74, 6) is 0.415. The smallest absolute Gasteiger partial charge is 0.227 e. The molecule has 0 bridgehead atoms. The molecule has 23 heavy (non-hydrogen) atoms. The van der Waals surface area contributed by atoms with Gasteiger partial charge in [-0.05, 0) is 30.2 Å². The van der Waals surface area contributed by atoms with Crippen LogP contribution >= 0.6 is 0 Å². The lowest BCUT2D eigenvalue weighted by Crippen LogP contribution is -2.42. The predicted molar refractivity (Wildman–Crippen MR) is 87.9 cm³/mol. The van der Waals surface area contributed by atoms with Crippen molar-refractivity contribution in [1.29, 1.82) is 0 Å². The maximum Gasteiger partial charge on any atom is 0.227 e. The van der Waals surface area contributed by atoms with Gasteiger partial charge in [-0.1, -0.05) is 13.8 Å². The van der Waals surface area contributed by atoms with Crippen molar-refractivity contribution in [3.8, 4) is 0 Å². The number of hydrogen-bond acceptors (Lipinski definition) is 3. The second kappa shape index (κ2) is 6.57. The molecule has 4 nitrogen and oxygen atoms in total. The first-order chi connectivity index (χ1) is 11.0. The Hall–Kier alpha value is -1.46. The van der Waals surface area contributed by atoms with Crippen LogP contribution in [-0.2, 0) is 9.53 Å². The van der Waals surface area contributed by atoms with E-state index in [9.17, 15) is 9.18 Å². The average Bonchev–Trinajstić information content (AvgIpc) is 2.68. The van der Waals surface area contributed by atoms with E-state index in [4.69, 9.17) is 4.74 Å². The summed E-state index contributed by atoms with van der Waals surface area (Å²) in [7, 11) is 0. The Morgan fingerprint density at radius 3 is 2.70 bits per heavy atom. The van der Waals surface area contributed by atoms with Gasteiger partial charge in [0.2, 0.25) is 5.91 Å². The molecular formula is C18H25FN2O2. The highest BCUT2D eigenvalue weighted by atomic mass is 19.1. The van der Waals surface area contributed by atoms with Crippen LogP contribution in [0.3, 0.4) is 0 Å². The zero-order valence-corrected chi connectivity index (χ0v) is 13.9. The molecule has 0 unspecified atom stereocenters. The van der Waals surface area contributed by atoms with E-state index in [1.54, 1.807) is 17.0 Å². The molecule has 0 radical (unpaired) electrons. The Morgan fingerprint density at radius 1 is 1.26 bits per heavy atom. The van der Waals surface area contributed by atoms with Gasteiger partial charge in [-0.15, -0.1) is 0 Å². The van der Waals surface area contributed by atoms with E-state index < -0.39 is 0 Å². The summed E-state index contributed by atoms with van der Waals surface area (Å²) in [5.41, 5.74) is 0.615. The van der Waals surface area contributed by atoms with Crippen LogP contribution in [0.4, 0.5) is 10.1 Å². The third-order valence-electron chi connectivity index (χ3n) is 4.60. The SMILES string of the molecule is CC(C)CN1CCOC[C@@]2(CC(=O)N(c3ccc(F)cc3)C2)C1. The highest BCUT2D eigenvalue weighted by Gasteiger charge is 2.45. The summed E-state index contributed by atoms with van der Waals surface area (Å²) < 4.78 is 18.9. The molecule has 2 aliphatic heterocycles. The van der Waals surface area contributed by atoms with Gasteiger partial charge >= 0.3 is 0 Å². The minimum absolute atomic E-state index is 0.103. The summed E-state index contributed by atoms with van der Waals surface area (Å²) in [5, 5.41) is 0. The fourth-order valence-corrected chi connectivity index (χ4v) is 3.71. The summed E-state index contributed by atoms with van der Waals surface area (Å²) in [6.45, 7) is 9.23. The Bertz CT molecular complexity index is 561. The van der Waals surface area contributed by atoms with Crippen LogP contribution in [0.5, 0.6) is 0 Å². The van der Waals surface area contributed by atoms with E-state index >= 15 is 0 Å². The molecule has 5 heteroatoms. The summed E-state index contributed by atoms with van der Waals surface area (Å²) >= 11 is 0. The maximum absolute atomic E-state index is 13.1. The van der Waals surface area contributed by atoms with Crippen LogP contribution in [0.1, 0.15) is 20.3 Å². The molecule has 2 heterocycles. The molecule has 3 rings (SSSR count). The zero-order valence-electron chi connectivity index (χ0n) is 13.9. The number of nitrogens with zero attached hydrogens (tertiary/aromatic N) is 2. The van der Waals surface area contributed by atoms with E-state index in [0.29, 0.717) is 25.5 Å². The highest BCUT2D eigenvalue weighted by molar-refractivity contribution is 5.96. The molecule has 0 saturated carbocycles. The molecule has 0 N–H and O–H groups in total. The lowest BCUT2D eigenvalue weighted by Gasteiger charge is -2.32. The Kier molecular flexibility index (Phi) is 4.69. The zero-order chi connectivity index (χ0) is 16.4. The van der Waals surface area contributed by atoms with Crippen molar-refractivity contribution in [2.75, 3.05) is 44.3 Å². The number of carbonyl (C=O) groups is 1. The second-order valence-corrected chi connectivity index (χ2v) is 7.31. The number of carbonyl (C=O) groups excluding carboxylic acids is 1. The number of rotatable bonds is 3. The third-order valence-corrected chi connectivity index (χ3v) is 4.60. The molecule has 2 fully saturated rings. The maximum atomic E-state index is 13.1. The van der Waals surface area contributed by atoms with Crippen LogP contribution in [-0.4, -0.2) is 50.2 Å². The quantitative estimate of drug-likeness (QED) is 0.858. The largest absolute Gasteiger partial charge is 0.379 e. The summed E-state index contributed by atoms with van der Waals surface area (Å²) in [6, 6.07) is 6.16. The molecule has 0 aliphatic carbocycles. The van der Waals surface area contributed by atoms with E-state index in [1.165, 1.54) is 12.1 Å². The fourth-order valence-electron chi connectivity index (χ4n) is 3.71. The minimum Gasteiger partial charge on any atom is -0.379 e. The van der Waals surface area contributed by atoms with Crippen LogP contribution in [0.25, 0.3) is 0 Å². The highest BCUT2D eigenvalue weighted by Crippen LogP contribution is 2.37. The lowest BCUT2D eigenvalue weighted by atomic mass is 9.87. The van der Waals surface area contributed by atoms with Crippen molar-refractivity contribution < 1.29 is 13.9 Å². The fraction of sp³-hybridized carbons (Fsp3) is 0.611. The molecule has 1 aromatic carbocycles. The Balaban J connectivity index is 1.77.